The zero-order valence-corrected chi connectivity index (χ0v) is 15.4. The first-order chi connectivity index (χ1) is 13.6. The molecule has 1 aromatic carbocycles. The molecule has 0 aliphatic carbocycles. The van der Waals surface area contributed by atoms with Crippen molar-refractivity contribution in [3.8, 4) is 11.5 Å². The number of thioether (sulfide) groups is 1. The Kier molecular flexibility index (Phi) is 4.98. The van der Waals surface area contributed by atoms with Crippen LogP contribution in [0.1, 0.15) is 5.56 Å². The van der Waals surface area contributed by atoms with E-state index in [9.17, 15) is 14.4 Å². The first-order valence-electron chi connectivity index (χ1n) is 8.45. The number of ether oxygens (including phenoxy) is 2. The Hall–Kier alpha value is -3.33. The van der Waals surface area contributed by atoms with Crippen molar-refractivity contribution >= 4 is 40.6 Å². The summed E-state index contributed by atoms with van der Waals surface area (Å²) >= 11 is 0.805. The highest BCUT2D eigenvalue weighted by molar-refractivity contribution is 8.18. The van der Waals surface area contributed by atoms with Crippen molar-refractivity contribution < 1.29 is 23.9 Å². The quantitative estimate of drug-likeness (QED) is 0.792. The number of benzene rings is 1. The van der Waals surface area contributed by atoms with Crippen molar-refractivity contribution in [2.75, 3.05) is 25.1 Å². The van der Waals surface area contributed by atoms with Crippen LogP contribution < -0.4 is 14.8 Å². The molecule has 0 atom stereocenters. The third-order valence-corrected chi connectivity index (χ3v) is 4.91. The second-order valence-corrected chi connectivity index (χ2v) is 6.95. The summed E-state index contributed by atoms with van der Waals surface area (Å²) in [6.45, 7) is 0.544. The lowest BCUT2D eigenvalue weighted by atomic mass is 10.2. The molecule has 0 spiro atoms. The smallest absolute Gasteiger partial charge is 0.294 e. The molecule has 0 unspecified atom stereocenters. The number of carbonyl (C=O) groups excluding carboxylic acids is 3. The molecule has 2 aliphatic heterocycles. The third-order valence-electron chi connectivity index (χ3n) is 4.01. The first-order valence-corrected chi connectivity index (χ1v) is 9.27. The van der Waals surface area contributed by atoms with Crippen LogP contribution in [-0.2, 0) is 9.59 Å². The van der Waals surface area contributed by atoms with Gasteiger partial charge in [0.2, 0.25) is 5.91 Å². The van der Waals surface area contributed by atoms with E-state index in [1.54, 1.807) is 48.8 Å². The van der Waals surface area contributed by atoms with Gasteiger partial charge in [-0.1, -0.05) is 0 Å². The maximum atomic E-state index is 12.5. The van der Waals surface area contributed by atoms with Crippen LogP contribution in [0.2, 0.25) is 0 Å². The van der Waals surface area contributed by atoms with Gasteiger partial charge < -0.3 is 14.8 Å². The second-order valence-electron chi connectivity index (χ2n) is 5.96. The lowest BCUT2D eigenvalue weighted by molar-refractivity contribution is -0.127. The SMILES string of the molecule is O=C(CN1C(=O)S/C(=C/c2ccncc2)C1=O)Nc1ccc2c(c1)OCCO2. The molecule has 1 fully saturated rings. The van der Waals surface area contributed by atoms with E-state index in [0.29, 0.717) is 30.4 Å². The Morgan fingerprint density at radius 2 is 1.89 bits per heavy atom. The van der Waals surface area contributed by atoms with Gasteiger partial charge in [-0.25, -0.2) is 0 Å². The molecule has 0 saturated carbocycles. The highest BCUT2D eigenvalue weighted by Gasteiger charge is 2.36. The monoisotopic (exact) mass is 397 g/mol. The molecule has 3 heterocycles. The summed E-state index contributed by atoms with van der Waals surface area (Å²) in [4.78, 5) is 42.1. The van der Waals surface area contributed by atoms with Crippen LogP contribution in [-0.4, -0.2) is 46.7 Å². The number of imide groups is 1. The fraction of sp³-hybridized carbons (Fsp3) is 0.158. The average molecular weight is 397 g/mol. The van der Waals surface area contributed by atoms with E-state index < -0.39 is 17.1 Å². The number of anilines is 1. The molecule has 0 radical (unpaired) electrons. The van der Waals surface area contributed by atoms with Crippen LogP contribution >= 0.6 is 11.8 Å². The van der Waals surface area contributed by atoms with E-state index in [0.717, 1.165) is 22.2 Å². The molecular weight excluding hydrogens is 382 g/mol. The summed E-state index contributed by atoms with van der Waals surface area (Å²) in [5.74, 6) is 0.167. The van der Waals surface area contributed by atoms with Crippen LogP contribution in [0.3, 0.4) is 0 Å². The van der Waals surface area contributed by atoms with Crippen LogP contribution in [0.25, 0.3) is 6.08 Å². The van der Waals surface area contributed by atoms with Gasteiger partial charge in [-0.15, -0.1) is 0 Å². The van der Waals surface area contributed by atoms with Crippen molar-refractivity contribution in [2.45, 2.75) is 0 Å². The highest BCUT2D eigenvalue weighted by Crippen LogP contribution is 2.33. The van der Waals surface area contributed by atoms with Gasteiger partial charge in [0.1, 0.15) is 19.8 Å². The molecule has 142 valence electrons. The molecule has 1 N–H and O–H groups in total. The normalized spacial score (nSPS) is 17.1. The van der Waals surface area contributed by atoms with E-state index in [2.05, 4.69) is 10.3 Å². The van der Waals surface area contributed by atoms with E-state index in [4.69, 9.17) is 9.47 Å². The fourth-order valence-electron chi connectivity index (χ4n) is 2.71. The van der Waals surface area contributed by atoms with Gasteiger partial charge in [0.05, 0.1) is 4.91 Å². The molecular formula is C19H15N3O5S. The number of hydrogen-bond donors (Lipinski definition) is 1. The molecule has 1 saturated heterocycles. The molecule has 2 aliphatic rings. The van der Waals surface area contributed by atoms with Crippen LogP contribution in [0.4, 0.5) is 10.5 Å². The van der Waals surface area contributed by atoms with Gasteiger partial charge in [-0.3, -0.25) is 24.3 Å². The van der Waals surface area contributed by atoms with E-state index >= 15 is 0 Å². The molecule has 9 heteroatoms. The number of fused-ring (bicyclic) bond motifs is 1. The Bertz CT molecular complexity index is 977. The third kappa shape index (κ3) is 3.84. The van der Waals surface area contributed by atoms with Gasteiger partial charge in [0, 0.05) is 24.1 Å². The number of hydrogen-bond acceptors (Lipinski definition) is 7. The lowest BCUT2D eigenvalue weighted by Gasteiger charge is -2.19. The van der Waals surface area contributed by atoms with E-state index in [1.165, 1.54) is 0 Å². The summed E-state index contributed by atoms with van der Waals surface area (Å²) in [5.41, 5.74) is 1.25. The minimum absolute atomic E-state index is 0.267. The number of rotatable bonds is 4. The summed E-state index contributed by atoms with van der Waals surface area (Å²) in [7, 11) is 0. The predicted octanol–water partition coefficient (Wildman–Crippen LogP) is 2.53. The Labute approximate surface area is 164 Å². The molecule has 3 amide bonds. The number of pyridine rings is 1. The molecule has 1 aromatic heterocycles. The second kappa shape index (κ2) is 7.73. The zero-order chi connectivity index (χ0) is 19.5. The molecule has 2 aromatic rings. The van der Waals surface area contributed by atoms with Crippen molar-refractivity contribution in [2.24, 2.45) is 0 Å². The largest absolute Gasteiger partial charge is 0.486 e. The van der Waals surface area contributed by atoms with Gasteiger partial charge in [0.15, 0.2) is 11.5 Å². The molecule has 4 rings (SSSR count). The van der Waals surface area contributed by atoms with Crippen molar-refractivity contribution in [1.82, 2.24) is 9.88 Å². The van der Waals surface area contributed by atoms with Crippen LogP contribution in [0.5, 0.6) is 11.5 Å². The first kappa shape index (κ1) is 18.1. The molecule has 8 nitrogen and oxygen atoms in total. The minimum Gasteiger partial charge on any atom is -0.486 e. The summed E-state index contributed by atoms with van der Waals surface area (Å²) in [6.07, 6.45) is 4.79. The number of nitrogens with one attached hydrogen (secondary N) is 1. The average Bonchev–Trinajstić information content (AvgIpc) is 2.96. The van der Waals surface area contributed by atoms with Gasteiger partial charge in [-0.2, -0.15) is 0 Å². The Morgan fingerprint density at radius 3 is 2.68 bits per heavy atom. The van der Waals surface area contributed by atoms with Gasteiger partial charge in [-0.05, 0) is 47.7 Å². The summed E-state index contributed by atoms with van der Waals surface area (Å²) in [6, 6.07) is 8.46. The maximum Gasteiger partial charge on any atom is 0.294 e. The van der Waals surface area contributed by atoms with Gasteiger partial charge in [0.25, 0.3) is 11.1 Å². The number of aromatic nitrogens is 1. The van der Waals surface area contributed by atoms with Crippen LogP contribution in [0, 0.1) is 0 Å². The minimum atomic E-state index is -0.496. The topological polar surface area (TPSA) is 97.8 Å². The molecule has 28 heavy (non-hydrogen) atoms. The fourth-order valence-corrected chi connectivity index (χ4v) is 3.55. The standard InChI is InChI=1S/C19H15N3O5S/c23-17(21-13-1-2-14-15(10-13)27-8-7-26-14)11-22-18(24)16(28-19(22)25)9-12-3-5-20-6-4-12/h1-6,9-10H,7-8,11H2,(H,21,23)/b16-9+. The number of amides is 3. The Balaban J connectivity index is 1.42. The zero-order valence-electron chi connectivity index (χ0n) is 14.6. The van der Waals surface area contributed by atoms with E-state index in [-0.39, 0.29) is 11.4 Å². The maximum absolute atomic E-state index is 12.5. The van der Waals surface area contributed by atoms with Gasteiger partial charge >= 0.3 is 0 Å². The van der Waals surface area contributed by atoms with Crippen molar-refractivity contribution in [1.29, 1.82) is 0 Å². The predicted molar refractivity (Wildman–Crippen MR) is 103 cm³/mol. The van der Waals surface area contributed by atoms with Crippen LogP contribution in [0.15, 0.2) is 47.6 Å². The Morgan fingerprint density at radius 1 is 1.14 bits per heavy atom. The number of carbonyl (C=O) groups is 3. The summed E-state index contributed by atoms with van der Waals surface area (Å²) in [5, 5.41) is 2.18. The molecule has 0 bridgehead atoms. The van der Waals surface area contributed by atoms with Crippen molar-refractivity contribution in [3.63, 3.8) is 0 Å². The lowest BCUT2D eigenvalue weighted by Crippen LogP contribution is -2.36. The number of nitrogens with zero attached hydrogens (tertiary/aromatic N) is 2. The van der Waals surface area contributed by atoms with E-state index in [1.807, 2.05) is 0 Å². The van der Waals surface area contributed by atoms with Crippen molar-refractivity contribution in [3.05, 3.63) is 53.2 Å². The summed E-state index contributed by atoms with van der Waals surface area (Å²) < 4.78 is 10.9. The highest BCUT2D eigenvalue weighted by atomic mass is 32.2.